The van der Waals surface area contributed by atoms with Gasteiger partial charge in [0, 0.05) is 33.5 Å². The van der Waals surface area contributed by atoms with Gasteiger partial charge in [0.1, 0.15) is 6.04 Å². The Morgan fingerprint density at radius 2 is 1.51 bits per heavy atom. The van der Waals surface area contributed by atoms with E-state index in [-0.39, 0.29) is 24.3 Å². The van der Waals surface area contributed by atoms with Gasteiger partial charge in [-0.05, 0) is 53.8 Å². The highest BCUT2D eigenvalue weighted by molar-refractivity contribution is 9.10. The van der Waals surface area contributed by atoms with Gasteiger partial charge in [-0.1, -0.05) is 107 Å². The molecule has 1 aliphatic rings. The number of rotatable bonds is 9. The average molecular weight is 602 g/mol. The van der Waals surface area contributed by atoms with Crippen LogP contribution in [0, 0.1) is 0 Å². The van der Waals surface area contributed by atoms with Crippen molar-refractivity contribution in [3.8, 4) is 0 Å². The third-order valence-electron chi connectivity index (χ3n) is 6.88. The number of nitrogens with zero attached hydrogens (tertiary/aromatic N) is 1. The van der Waals surface area contributed by atoms with E-state index >= 15 is 0 Å². The number of hydrogen-bond acceptors (Lipinski definition) is 2. The van der Waals surface area contributed by atoms with E-state index in [9.17, 15) is 9.59 Å². The third-order valence-corrected chi connectivity index (χ3v) is 8.12. The Hall–Kier alpha value is -2.34. The Morgan fingerprint density at radius 1 is 0.865 bits per heavy atom. The topological polar surface area (TPSA) is 49.4 Å². The predicted molar refractivity (Wildman–Crippen MR) is 154 cm³/mol. The zero-order valence-corrected chi connectivity index (χ0v) is 23.7. The molecule has 7 heteroatoms. The van der Waals surface area contributed by atoms with Crippen molar-refractivity contribution in [3.63, 3.8) is 0 Å². The Bertz CT molecular complexity index is 1180. The van der Waals surface area contributed by atoms with Crippen molar-refractivity contribution in [2.24, 2.45) is 0 Å². The highest BCUT2D eigenvalue weighted by Gasteiger charge is 2.32. The monoisotopic (exact) mass is 600 g/mol. The van der Waals surface area contributed by atoms with E-state index in [0.717, 1.165) is 41.3 Å². The van der Waals surface area contributed by atoms with Crippen LogP contribution in [0.15, 0.2) is 77.3 Å². The summed E-state index contributed by atoms with van der Waals surface area (Å²) in [5.74, 6) is -0.316. The molecule has 0 saturated heterocycles. The molecule has 1 saturated carbocycles. The van der Waals surface area contributed by atoms with E-state index in [2.05, 4.69) is 21.2 Å². The maximum absolute atomic E-state index is 13.9. The van der Waals surface area contributed by atoms with Crippen LogP contribution in [0.4, 0.5) is 0 Å². The fourth-order valence-corrected chi connectivity index (χ4v) is 5.63. The summed E-state index contributed by atoms with van der Waals surface area (Å²) in [7, 11) is 0. The number of amides is 2. The Labute approximate surface area is 237 Å². The highest BCUT2D eigenvalue weighted by atomic mass is 79.9. The van der Waals surface area contributed by atoms with E-state index in [1.54, 1.807) is 23.1 Å². The van der Waals surface area contributed by atoms with Crippen LogP contribution in [0.1, 0.15) is 48.8 Å². The minimum absolute atomic E-state index is 0.0109. The van der Waals surface area contributed by atoms with E-state index in [0.29, 0.717) is 28.6 Å². The molecule has 0 heterocycles. The minimum Gasteiger partial charge on any atom is -0.352 e. The summed E-state index contributed by atoms with van der Waals surface area (Å²) in [6.45, 7) is 0.295. The lowest BCUT2D eigenvalue weighted by Crippen LogP contribution is -2.53. The van der Waals surface area contributed by atoms with E-state index < -0.39 is 6.04 Å². The van der Waals surface area contributed by atoms with Crippen LogP contribution in [-0.2, 0) is 29.0 Å². The van der Waals surface area contributed by atoms with Crippen LogP contribution in [0.3, 0.4) is 0 Å². The van der Waals surface area contributed by atoms with Crippen molar-refractivity contribution < 1.29 is 9.59 Å². The second-order valence-corrected chi connectivity index (χ2v) is 11.3. The first-order valence-electron chi connectivity index (χ1n) is 12.7. The highest BCUT2D eigenvalue weighted by Crippen LogP contribution is 2.27. The van der Waals surface area contributed by atoms with Crippen LogP contribution in [-0.4, -0.2) is 28.8 Å². The third kappa shape index (κ3) is 7.83. The largest absolute Gasteiger partial charge is 0.352 e. The summed E-state index contributed by atoms with van der Waals surface area (Å²) in [4.78, 5) is 29.5. The molecule has 37 heavy (non-hydrogen) atoms. The Balaban J connectivity index is 1.68. The molecule has 1 N–H and O–H groups in total. The van der Waals surface area contributed by atoms with Crippen LogP contribution >= 0.6 is 39.1 Å². The summed E-state index contributed by atoms with van der Waals surface area (Å²) in [5, 5.41) is 4.14. The van der Waals surface area contributed by atoms with Gasteiger partial charge in [-0.15, -0.1) is 0 Å². The number of nitrogens with one attached hydrogen (secondary N) is 1. The Morgan fingerprint density at radius 3 is 2.16 bits per heavy atom. The maximum atomic E-state index is 13.9. The normalized spacial score (nSPS) is 14.7. The van der Waals surface area contributed by atoms with Crippen LogP contribution < -0.4 is 5.32 Å². The molecule has 0 unspecified atom stereocenters. The van der Waals surface area contributed by atoms with E-state index in [1.165, 1.54) is 6.42 Å². The molecule has 0 aliphatic heterocycles. The maximum Gasteiger partial charge on any atom is 0.243 e. The summed E-state index contributed by atoms with van der Waals surface area (Å²) in [6.07, 6.45) is 5.79. The lowest BCUT2D eigenvalue weighted by atomic mass is 9.94. The minimum atomic E-state index is -0.679. The van der Waals surface area contributed by atoms with Crippen LogP contribution in [0.25, 0.3) is 0 Å². The van der Waals surface area contributed by atoms with Gasteiger partial charge in [0.05, 0.1) is 6.42 Å². The lowest BCUT2D eigenvalue weighted by Gasteiger charge is -2.33. The van der Waals surface area contributed by atoms with Gasteiger partial charge in [-0.2, -0.15) is 0 Å². The first kappa shape index (κ1) is 27.7. The summed E-state index contributed by atoms with van der Waals surface area (Å²) in [5.41, 5.74) is 2.50. The number of halogens is 3. The van der Waals surface area contributed by atoms with Gasteiger partial charge in [0.25, 0.3) is 0 Å². The molecule has 0 aromatic heterocycles. The zero-order valence-electron chi connectivity index (χ0n) is 20.6. The molecule has 2 amide bonds. The molecule has 0 spiro atoms. The lowest BCUT2D eigenvalue weighted by molar-refractivity contribution is -0.141. The fraction of sp³-hybridized carbons (Fsp3) is 0.333. The first-order valence-corrected chi connectivity index (χ1v) is 14.3. The molecular weight excluding hydrogens is 571 g/mol. The zero-order chi connectivity index (χ0) is 26.2. The van der Waals surface area contributed by atoms with E-state index in [1.807, 2.05) is 54.6 Å². The molecule has 4 rings (SSSR count). The summed E-state index contributed by atoms with van der Waals surface area (Å²) < 4.78 is 0.952. The van der Waals surface area contributed by atoms with E-state index in [4.69, 9.17) is 23.2 Å². The molecular formula is C30H31BrCl2N2O2. The van der Waals surface area contributed by atoms with Crippen LogP contribution in [0.5, 0.6) is 0 Å². The van der Waals surface area contributed by atoms with Gasteiger partial charge in [-0.3, -0.25) is 9.59 Å². The van der Waals surface area contributed by atoms with Crippen molar-refractivity contribution in [2.75, 3.05) is 0 Å². The quantitative estimate of drug-likeness (QED) is 0.278. The number of carbonyl (C=O) groups excluding carboxylic acids is 2. The second-order valence-electron chi connectivity index (χ2n) is 9.57. The van der Waals surface area contributed by atoms with Gasteiger partial charge < -0.3 is 10.2 Å². The van der Waals surface area contributed by atoms with Gasteiger partial charge in [0.2, 0.25) is 11.8 Å². The first-order chi connectivity index (χ1) is 17.9. The van der Waals surface area contributed by atoms with Crippen molar-refractivity contribution in [1.29, 1.82) is 0 Å². The SMILES string of the molecule is O=C(NC1CCCCC1)[C@@H](Cc1ccccc1)N(Cc1ccc(Br)cc1)C(=O)Cc1c(Cl)cccc1Cl. The molecule has 1 atom stereocenters. The van der Waals surface area contributed by atoms with Crippen molar-refractivity contribution in [1.82, 2.24) is 10.2 Å². The molecule has 1 fully saturated rings. The van der Waals surface area contributed by atoms with Gasteiger partial charge in [-0.25, -0.2) is 0 Å². The predicted octanol–water partition coefficient (Wildman–Crippen LogP) is 7.39. The van der Waals surface area contributed by atoms with Crippen molar-refractivity contribution in [2.45, 2.75) is 63.6 Å². The van der Waals surface area contributed by atoms with Crippen molar-refractivity contribution >= 4 is 50.9 Å². The Kier molecular flexibility index (Phi) is 10.1. The number of hydrogen-bond donors (Lipinski definition) is 1. The molecule has 194 valence electrons. The second kappa shape index (κ2) is 13.5. The molecule has 1 aliphatic carbocycles. The average Bonchev–Trinajstić information content (AvgIpc) is 2.90. The summed E-state index contributed by atoms with van der Waals surface area (Å²) in [6, 6.07) is 22.3. The van der Waals surface area contributed by atoms with Crippen molar-refractivity contribution in [3.05, 3.63) is 104 Å². The molecule has 0 bridgehead atoms. The van der Waals surface area contributed by atoms with Crippen LogP contribution in [0.2, 0.25) is 10.0 Å². The standard InChI is InChI=1S/C30H31BrCl2N2O2/c31-23-16-14-22(15-17-23)20-35(29(36)19-25-26(32)12-7-13-27(25)33)28(18-21-8-3-1-4-9-21)30(37)34-24-10-5-2-6-11-24/h1,3-4,7-9,12-17,24,28H,2,5-6,10-11,18-20H2,(H,34,37)/t28-/m1/s1. The summed E-state index contributed by atoms with van der Waals surface area (Å²) >= 11 is 16.3. The molecule has 3 aromatic carbocycles. The smallest absolute Gasteiger partial charge is 0.243 e. The molecule has 4 nitrogen and oxygen atoms in total. The fourth-order valence-electron chi connectivity index (χ4n) is 4.84. The number of benzene rings is 3. The number of carbonyl (C=O) groups is 2. The van der Waals surface area contributed by atoms with Gasteiger partial charge >= 0.3 is 0 Å². The molecule has 3 aromatic rings. The molecule has 0 radical (unpaired) electrons. The van der Waals surface area contributed by atoms with Gasteiger partial charge in [0.15, 0.2) is 0 Å².